The second kappa shape index (κ2) is 6.16. The number of ether oxygens (including phenoxy) is 2. The Morgan fingerprint density at radius 3 is 2.38 bits per heavy atom. The lowest BCUT2D eigenvalue weighted by Crippen LogP contribution is -2.62. The number of piperidine rings is 1. The van der Waals surface area contributed by atoms with Gasteiger partial charge in [0.1, 0.15) is 13.2 Å². The predicted molar refractivity (Wildman–Crippen MR) is 93.9 cm³/mol. The lowest BCUT2D eigenvalue weighted by atomic mass is 9.80. The summed E-state index contributed by atoms with van der Waals surface area (Å²) in [5, 5.41) is 9.60. The molecule has 1 aromatic carbocycles. The van der Waals surface area contributed by atoms with Crippen LogP contribution in [0.15, 0.2) is 18.2 Å². The van der Waals surface area contributed by atoms with Gasteiger partial charge in [0, 0.05) is 28.9 Å². The van der Waals surface area contributed by atoms with E-state index in [1.54, 1.807) is 6.07 Å². The molecule has 6 nitrogen and oxygen atoms in total. The van der Waals surface area contributed by atoms with E-state index in [-0.39, 0.29) is 23.2 Å². The molecule has 0 radical (unpaired) electrons. The molecule has 0 aromatic heterocycles. The van der Waals surface area contributed by atoms with Crippen LogP contribution in [-0.2, 0) is 0 Å². The zero-order chi connectivity index (χ0) is 17.4. The Kier molecular flexibility index (Phi) is 4.34. The van der Waals surface area contributed by atoms with E-state index in [0.717, 1.165) is 12.8 Å². The maximum atomic E-state index is 12.4. The van der Waals surface area contributed by atoms with Crippen LogP contribution in [-0.4, -0.2) is 36.4 Å². The second-order valence-electron chi connectivity index (χ2n) is 7.95. The van der Waals surface area contributed by atoms with Crippen LogP contribution in [0.5, 0.6) is 11.5 Å². The SMILES string of the molecule is CC1(C)CC(NC(=O)Nc2ccc3c(c2)OCCO3)CC(C)(C)N1. The Morgan fingerprint density at radius 1 is 1.08 bits per heavy atom. The number of fused-ring (bicyclic) bond motifs is 1. The van der Waals surface area contributed by atoms with Crippen molar-refractivity contribution in [2.45, 2.75) is 57.7 Å². The topological polar surface area (TPSA) is 71.6 Å². The number of urea groups is 1. The number of nitrogens with one attached hydrogen (secondary N) is 3. The number of anilines is 1. The van der Waals surface area contributed by atoms with Gasteiger partial charge >= 0.3 is 6.03 Å². The lowest BCUT2D eigenvalue weighted by molar-refractivity contribution is 0.149. The molecule has 1 fully saturated rings. The third kappa shape index (κ3) is 4.12. The van der Waals surface area contributed by atoms with Crippen LogP contribution >= 0.6 is 0 Å². The minimum absolute atomic E-state index is 0.00328. The molecule has 2 aliphatic heterocycles. The zero-order valence-electron chi connectivity index (χ0n) is 14.9. The molecule has 0 atom stereocenters. The molecule has 24 heavy (non-hydrogen) atoms. The summed E-state index contributed by atoms with van der Waals surface area (Å²) >= 11 is 0. The standard InChI is InChI=1S/C18H27N3O3/c1-17(2)10-13(11-18(3,4)21-17)20-16(22)19-12-5-6-14-15(9-12)24-8-7-23-14/h5-6,9,13,21H,7-8,10-11H2,1-4H3,(H2,19,20,22). The molecule has 0 bridgehead atoms. The van der Waals surface area contributed by atoms with Gasteiger partial charge in [-0.1, -0.05) is 0 Å². The highest BCUT2D eigenvalue weighted by Crippen LogP contribution is 2.33. The maximum Gasteiger partial charge on any atom is 0.319 e. The number of carbonyl (C=O) groups is 1. The molecule has 0 aliphatic carbocycles. The van der Waals surface area contributed by atoms with Crippen LogP contribution in [0.3, 0.4) is 0 Å². The Balaban J connectivity index is 1.61. The van der Waals surface area contributed by atoms with Gasteiger partial charge in [0.2, 0.25) is 0 Å². The number of hydrogen-bond acceptors (Lipinski definition) is 4. The molecule has 2 heterocycles. The first-order chi connectivity index (χ1) is 11.2. The van der Waals surface area contributed by atoms with Crippen molar-refractivity contribution in [1.82, 2.24) is 10.6 Å². The van der Waals surface area contributed by atoms with E-state index in [2.05, 4.69) is 43.6 Å². The quantitative estimate of drug-likeness (QED) is 0.778. The first kappa shape index (κ1) is 16.9. The number of hydrogen-bond donors (Lipinski definition) is 3. The molecule has 0 spiro atoms. The van der Waals surface area contributed by atoms with E-state index in [1.165, 1.54) is 0 Å². The number of rotatable bonds is 2. The highest BCUT2D eigenvalue weighted by atomic mass is 16.6. The third-order valence-electron chi connectivity index (χ3n) is 4.33. The summed E-state index contributed by atoms with van der Waals surface area (Å²) in [5.74, 6) is 1.39. The van der Waals surface area contributed by atoms with Crippen molar-refractivity contribution in [3.05, 3.63) is 18.2 Å². The molecular weight excluding hydrogens is 306 g/mol. The van der Waals surface area contributed by atoms with E-state index < -0.39 is 0 Å². The van der Waals surface area contributed by atoms with E-state index in [9.17, 15) is 4.79 Å². The summed E-state index contributed by atoms with van der Waals surface area (Å²) in [6.07, 6.45) is 1.79. The monoisotopic (exact) mass is 333 g/mol. The summed E-state index contributed by atoms with van der Waals surface area (Å²) in [4.78, 5) is 12.4. The Morgan fingerprint density at radius 2 is 1.71 bits per heavy atom. The van der Waals surface area contributed by atoms with Crippen molar-refractivity contribution >= 4 is 11.7 Å². The van der Waals surface area contributed by atoms with Gasteiger partial charge < -0.3 is 25.4 Å². The van der Waals surface area contributed by atoms with E-state index in [4.69, 9.17) is 9.47 Å². The van der Waals surface area contributed by atoms with Crippen LogP contribution in [0.1, 0.15) is 40.5 Å². The van der Waals surface area contributed by atoms with Gasteiger partial charge in [0.05, 0.1) is 0 Å². The summed E-state index contributed by atoms with van der Waals surface area (Å²) < 4.78 is 11.0. The molecule has 3 N–H and O–H groups in total. The fourth-order valence-electron chi connectivity index (χ4n) is 3.90. The van der Waals surface area contributed by atoms with Gasteiger partial charge in [-0.25, -0.2) is 4.79 Å². The van der Waals surface area contributed by atoms with Gasteiger partial charge in [0.25, 0.3) is 0 Å². The normalized spacial score (nSPS) is 21.8. The van der Waals surface area contributed by atoms with Crippen molar-refractivity contribution < 1.29 is 14.3 Å². The summed E-state index contributed by atoms with van der Waals surface area (Å²) in [5.41, 5.74) is 0.692. The smallest absolute Gasteiger partial charge is 0.319 e. The van der Waals surface area contributed by atoms with E-state index in [0.29, 0.717) is 30.4 Å². The fourth-order valence-corrected chi connectivity index (χ4v) is 3.90. The van der Waals surface area contributed by atoms with E-state index >= 15 is 0 Å². The molecule has 1 aromatic rings. The minimum Gasteiger partial charge on any atom is -0.486 e. The zero-order valence-corrected chi connectivity index (χ0v) is 14.9. The van der Waals surface area contributed by atoms with Crippen LogP contribution in [0.2, 0.25) is 0 Å². The van der Waals surface area contributed by atoms with Gasteiger partial charge in [-0.05, 0) is 52.7 Å². The number of carbonyl (C=O) groups excluding carboxylic acids is 1. The Bertz CT molecular complexity index is 612. The van der Waals surface area contributed by atoms with Crippen LogP contribution in [0.25, 0.3) is 0 Å². The van der Waals surface area contributed by atoms with Crippen molar-refractivity contribution in [1.29, 1.82) is 0 Å². The van der Waals surface area contributed by atoms with Gasteiger partial charge in [0.15, 0.2) is 11.5 Å². The minimum atomic E-state index is -0.190. The average Bonchev–Trinajstić information content (AvgIpc) is 2.43. The molecule has 2 amide bonds. The molecule has 6 heteroatoms. The van der Waals surface area contributed by atoms with Gasteiger partial charge in [-0.3, -0.25) is 0 Å². The first-order valence-electron chi connectivity index (χ1n) is 8.49. The molecule has 2 aliphatic rings. The number of amides is 2. The van der Waals surface area contributed by atoms with Crippen molar-refractivity contribution in [3.63, 3.8) is 0 Å². The third-order valence-corrected chi connectivity index (χ3v) is 4.33. The summed E-state index contributed by atoms with van der Waals surface area (Å²) in [6, 6.07) is 5.38. The summed E-state index contributed by atoms with van der Waals surface area (Å²) in [7, 11) is 0. The van der Waals surface area contributed by atoms with Crippen LogP contribution in [0.4, 0.5) is 10.5 Å². The van der Waals surface area contributed by atoms with Crippen molar-refractivity contribution in [2.24, 2.45) is 0 Å². The average molecular weight is 333 g/mol. The van der Waals surface area contributed by atoms with E-state index in [1.807, 2.05) is 12.1 Å². The number of benzene rings is 1. The Hall–Kier alpha value is -1.95. The molecule has 0 saturated carbocycles. The summed E-state index contributed by atoms with van der Waals surface area (Å²) in [6.45, 7) is 9.76. The predicted octanol–water partition coefficient (Wildman–Crippen LogP) is 2.89. The van der Waals surface area contributed by atoms with Crippen LogP contribution < -0.4 is 25.4 Å². The van der Waals surface area contributed by atoms with Crippen LogP contribution in [0, 0.1) is 0 Å². The Labute approximate surface area is 143 Å². The largest absolute Gasteiger partial charge is 0.486 e. The highest BCUT2D eigenvalue weighted by Gasteiger charge is 2.38. The van der Waals surface area contributed by atoms with Crippen molar-refractivity contribution in [3.8, 4) is 11.5 Å². The first-order valence-corrected chi connectivity index (χ1v) is 8.49. The highest BCUT2D eigenvalue weighted by molar-refractivity contribution is 5.89. The van der Waals surface area contributed by atoms with Gasteiger partial charge in [-0.15, -0.1) is 0 Å². The molecule has 1 saturated heterocycles. The fraction of sp³-hybridized carbons (Fsp3) is 0.611. The molecular formula is C18H27N3O3. The maximum absolute atomic E-state index is 12.4. The molecule has 132 valence electrons. The van der Waals surface area contributed by atoms with Gasteiger partial charge in [-0.2, -0.15) is 0 Å². The lowest BCUT2D eigenvalue weighted by Gasteiger charge is -2.46. The molecule has 0 unspecified atom stereocenters. The van der Waals surface area contributed by atoms with Crippen molar-refractivity contribution in [2.75, 3.05) is 18.5 Å². The second-order valence-corrected chi connectivity index (χ2v) is 7.95. The molecule has 3 rings (SSSR count).